The molecule has 0 N–H and O–H groups in total. The zero-order valence-corrected chi connectivity index (χ0v) is 11.1. The summed E-state index contributed by atoms with van der Waals surface area (Å²) < 4.78 is 0. The highest BCUT2D eigenvalue weighted by molar-refractivity contribution is 5.89. The third-order valence-electron chi connectivity index (χ3n) is 2.02. The van der Waals surface area contributed by atoms with Gasteiger partial charge in [0.05, 0.1) is 12.5 Å². The van der Waals surface area contributed by atoms with Crippen LogP contribution in [-0.2, 0) is 14.4 Å². The molecule has 0 aliphatic rings. The van der Waals surface area contributed by atoms with Crippen LogP contribution in [0.25, 0.3) is 9.69 Å². The Morgan fingerprint density at radius 3 is 1.58 bits per heavy atom. The van der Waals surface area contributed by atoms with Gasteiger partial charge in [-0.25, -0.2) is 13.1 Å². The molecule has 2 atom stereocenters. The number of carbonyl (C=O) groups is 3. The minimum absolute atomic E-state index is 0.0127. The van der Waals surface area contributed by atoms with E-state index < -0.39 is 12.1 Å². The van der Waals surface area contributed by atoms with Crippen LogP contribution in [0.5, 0.6) is 0 Å². The maximum atomic E-state index is 10.5. The monoisotopic (exact) mass is 261 g/mol. The van der Waals surface area contributed by atoms with Crippen LogP contribution in [0.15, 0.2) is 0 Å². The lowest BCUT2D eigenvalue weighted by molar-refractivity contribution is -0.122. The molecule has 0 rings (SSSR count). The standard InChI is InChI=1S/C7H9NO2.C6H6N2O/c1-5(9)4-7(8-3)6(2)10;1-5(9)6(8-2)3-4-7/h7H,4H2,1-2H3;6H,3H2,1H3. The minimum Gasteiger partial charge on any atom is -0.305 e. The number of rotatable bonds is 5. The first-order valence-corrected chi connectivity index (χ1v) is 5.40. The van der Waals surface area contributed by atoms with Gasteiger partial charge in [-0.3, -0.25) is 14.4 Å². The average Bonchev–Trinajstić information content (AvgIpc) is 2.32. The van der Waals surface area contributed by atoms with Crippen LogP contribution in [0.4, 0.5) is 0 Å². The zero-order valence-electron chi connectivity index (χ0n) is 11.1. The molecule has 0 aromatic rings. The van der Waals surface area contributed by atoms with E-state index in [1.54, 1.807) is 6.07 Å². The fourth-order valence-electron chi connectivity index (χ4n) is 0.919. The quantitative estimate of drug-likeness (QED) is 0.704. The first kappa shape index (κ1) is 18.8. The average molecular weight is 261 g/mol. The Morgan fingerprint density at radius 1 is 1.05 bits per heavy atom. The highest BCUT2D eigenvalue weighted by atomic mass is 16.1. The highest BCUT2D eigenvalue weighted by Gasteiger charge is 2.20. The molecule has 0 saturated heterocycles. The van der Waals surface area contributed by atoms with Gasteiger partial charge in [0, 0.05) is 13.8 Å². The predicted octanol–water partition coefficient (Wildman–Crippen LogP) is 1.62. The molecule has 19 heavy (non-hydrogen) atoms. The van der Waals surface area contributed by atoms with Crippen molar-refractivity contribution in [2.45, 2.75) is 45.7 Å². The molecule has 0 aliphatic heterocycles. The largest absolute Gasteiger partial charge is 0.305 e. The van der Waals surface area contributed by atoms with Crippen LogP contribution in [0.2, 0.25) is 0 Å². The first-order chi connectivity index (χ1) is 8.79. The van der Waals surface area contributed by atoms with Crippen molar-refractivity contribution in [3.8, 4) is 6.07 Å². The summed E-state index contributed by atoms with van der Waals surface area (Å²) >= 11 is 0. The number of hydrogen-bond acceptors (Lipinski definition) is 4. The Hall–Kier alpha value is -2.52. The van der Waals surface area contributed by atoms with Crippen LogP contribution < -0.4 is 0 Å². The van der Waals surface area contributed by atoms with Gasteiger partial charge < -0.3 is 9.69 Å². The fraction of sp³-hybridized carbons (Fsp3) is 0.538. The van der Waals surface area contributed by atoms with Crippen LogP contribution in [0, 0.1) is 24.5 Å². The molecule has 0 spiro atoms. The zero-order chi connectivity index (χ0) is 15.4. The van der Waals surface area contributed by atoms with E-state index >= 15 is 0 Å². The summed E-state index contributed by atoms with van der Waals surface area (Å²) in [6.45, 7) is 17.0. The number of Topliss-reactive ketones (excluding diaryl/α,β-unsaturated/α-hetero) is 3. The summed E-state index contributed by atoms with van der Waals surface area (Å²) in [5.74, 6) is -0.576. The smallest absolute Gasteiger partial charge is 0.293 e. The van der Waals surface area contributed by atoms with E-state index in [9.17, 15) is 14.4 Å². The molecule has 0 aromatic heterocycles. The fourth-order valence-corrected chi connectivity index (χ4v) is 0.919. The Kier molecular flexibility index (Phi) is 10.5. The molecule has 100 valence electrons. The summed E-state index contributed by atoms with van der Waals surface area (Å²) in [6, 6.07) is 0.272. The number of hydrogen-bond donors (Lipinski definition) is 0. The van der Waals surface area contributed by atoms with Crippen LogP contribution >= 0.6 is 0 Å². The second-order valence-electron chi connectivity index (χ2n) is 3.78. The Bertz CT molecular complexity index is 463. The molecule has 0 saturated carbocycles. The SMILES string of the molecule is [C-]#[N+]C(CC#N)C(C)=O.[C-]#[N+]C(CC(C)=O)C(C)=O. The van der Waals surface area contributed by atoms with Gasteiger partial charge in [-0.2, -0.15) is 5.26 Å². The molecule has 0 aliphatic carbocycles. The van der Waals surface area contributed by atoms with Crippen molar-refractivity contribution in [3.05, 3.63) is 22.8 Å². The third-order valence-corrected chi connectivity index (χ3v) is 2.02. The lowest BCUT2D eigenvalue weighted by Gasteiger charge is -1.95. The van der Waals surface area contributed by atoms with Crippen molar-refractivity contribution >= 4 is 17.3 Å². The number of carbonyl (C=O) groups excluding carboxylic acids is 3. The van der Waals surface area contributed by atoms with Crippen molar-refractivity contribution in [1.82, 2.24) is 0 Å². The molecule has 0 heterocycles. The highest BCUT2D eigenvalue weighted by Crippen LogP contribution is 1.99. The summed E-state index contributed by atoms with van der Waals surface area (Å²) in [5, 5.41) is 8.07. The van der Waals surface area contributed by atoms with Crippen molar-refractivity contribution in [3.63, 3.8) is 0 Å². The molecule has 0 fully saturated rings. The molecular formula is C13H15N3O3. The van der Waals surface area contributed by atoms with Crippen LogP contribution in [0.1, 0.15) is 33.6 Å². The van der Waals surface area contributed by atoms with Crippen LogP contribution in [-0.4, -0.2) is 29.4 Å². The van der Waals surface area contributed by atoms with E-state index in [4.69, 9.17) is 18.4 Å². The molecule has 0 radical (unpaired) electrons. The summed E-state index contributed by atoms with van der Waals surface area (Å²) in [4.78, 5) is 37.3. The molecule has 0 aromatic carbocycles. The molecule has 0 bridgehead atoms. The normalized spacial score (nSPS) is 11.4. The van der Waals surface area contributed by atoms with Crippen molar-refractivity contribution < 1.29 is 14.4 Å². The third kappa shape index (κ3) is 10.4. The van der Waals surface area contributed by atoms with E-state index in [0.29, 0.717) is 0 Å². The first-order valence-electron chi connectivity index (χ1n) is 5.40. The van der Waals surface area contributed by atoms with Gasteiger partial charge in [-0.15, -0.1) is 0 Å². The van der Waals surface area contributed by atoms with Gasteiger partial charge in [0.2, 0.25) is 11.6 Å². The van der Waals surface area contributed by atoms with E-state index in [-0.39, 0.29) is 30.2 Å². The number of nitriles is 1. The topological polar surface area (TPSA) is 83.7 Å². The van der Waals surface area contributed by atoms with E-state index in [1.165, 1.54) is 20.8 Å². The summed E-state index contributed by atoms with van der Waals surface area (Å²) in [5.41, 5.74) is 0. The summed E-state index contributed by atoms with van der Waals surface area (Å²) in [6.07, 6.45) is 0.0671. The van der Waals surface area contributed by atoms with Gasteiger partial charge in [-0.05, 0) is 6.92 Å². The Morgan fingerprint density at radius 2 is 1.47 bits per heavy atom. The van der Waals surface area contributed by atoms with Gasteiger partial charge in [0.25, 0.3) is 12.1 Å². The minimum atomic E-state index is -0.752. The predicted molar refractivity (Wildman–Crippen MR) is 67.7 cm³/mol. The second-order valence-corrected chi connectivity index (χ2v) is 3.78. The lowest BCUT2D eigenvalue weighted by Crippen LogP contribution is -2.16. The maximum absolute atomic E-state index is 10.5. The Balaban J connectivity index is 0. The van der Waals surface area contributed by atoms with E-state index in [2.05, 4.69) is 9.69 Å². The molecule has 2 unspecified atom stereocenters. The van der Waals surface area contributed by atoms with Gasteiger partial charge in [-0.1, -0.05) is 0 Å². The number of ketones is 3. The van der Waals surface area contributed by atoms with Gasteiger partial charge in [0.1, 0.15) is 12.2 Å². The lowest BCUT2D eigenvalue weighted by atomic mass is 10.1. The molecule has 0 amide bonds. The maximum Gasteiger partial charge on any atom is 0.293 e. The summed E-state index contributed by atoms with van der Waals surface area (Å²) in [7, 11) is 0. The molecule has 6 nitrogen and oxygen atoms in total. The van der Waals surface area contributed by atoms with Crippen molar-refractivity contribution in [1.29, 1.82) is 5.26 Å². The molecule has 6 heteroatoms. The van der Waals surface area contributed by atoms with E-state index in [1.807, 2.05) is 0 Å². The van der Waals surface area contributed by atoms with Gasteiger partial charge >= 0.3 is 0 Å². The van der Waals surface area contributed by atoms with Crippen molar-refractivity contribution in [2.24, 2.45) is 0 Å². The van der Waals surface area contributed by atoms with Crippen molar-refractivity contribution in [2.75, 3.05) is 0 Å². The van der Waals surface area contributed by atoms with Crippen LogP contribution in [0.3, 0.4) is 0 Å². The second kappa shape index (κ2) is 10.6. The van der Waals surface area contributed by atoms with Gasteiger partial charge in [0.15, 0.2) is 0 Å². The Labute approximate surface area is 112 Å². The molecular weight excluding hydrogens is 246 g/mol. The number of nitrogens with zero attached hydrogens (tertiary/aromatic N) is 3. The van der Waals surface area contributed by atoms with E-state index in [0.717, 1.165) is 0 Å².